The van der Waals surface area contributed by atoms with Crippen LogP contribution in [0.15, 0.2) is 30.3 Å². The lowest BCUT2D eigenvalue weighted by atomic mass is 9.87. The number of carboxylic acids is 1. The van der Waals surface area contributed by atoms with Crippen LogP contribution in [-0.2, 0) is 11.0 Å². The summed E-state index contributed by atoms with van der Waals surface area (Å²) in [4.78, 5) is 13.8. The van der Waals surface area contributed by atoms with Crippen molar-refractivity contribution in [3.63, 3.8) is 0 Å². The molecule has 3 atom stereocenters. The van der Waals surface area contributed by atoms with Crippen LogP contribution in [0.5, 0.6) is 5.75 Å². The molecule has 3 aliphatic rings. The van der Waals surface area contributed by atoms with E-state index in [9.17, 15) is 36.2 Å². The lowest BCUT2D eigenvalue weighted by Gasteiger charge is -2.41. The topological polar surface area (TPSA) is 49.8 Å². The summed E-state index contributed by atoms with van der Waals surface area (Å²) < 4.78 is 88.0. The molecule has 1 N–H and O–H groups in total. The Kier molecular flexibility index (Phi) is 7.07. The summed E-state index contributed by atoms with van der Waals surface area (Å²) in [6.07, 6.45) is -7.16. The molecule has 0 spiro atoms. The van der Waals surface area contributed by atoms with Gasteiger partial charge in [0.25, 0.3) is 0 Å². The molecule has 2 aromatic rings. The van der Waals surface area contributed by atoms with Gasteiger partial charge >= 0.3 is 18.3 Å². The van der Waals surface area contributed by atoms with Crippen LogP contribution in [-0.4, -0.2) is 40.3 Å². The molecule has 2 bridgehead atoms. The van der Waals surface area contributed by atoms with Gasteiger partial charge < -0.3 is 9.84 Å². The number of fused-ring (bicyclic) bond motifs is 3. The second kappa shape index (κ2) is 9.92. The second-order valence-corrected chi connectivity index (χ2v) is 11.1. The average molecular weight is 544 g/mol. The summed E-state index contributed by atoms with van der Waals surface area (Å²) >= 11 is 0. The van der Waals surface area contributed by atoms with E-state index in [-0.39, 0.29) is 54.9 Å². The van der Waals surface area contributed by atoms with Crippen LogP contribution in [0.1, 0.15) is 75.5 Å². The Morgan fingerprint density at radius 3 is 2.11 bits per heavy atom. The smallest absolute Gasteiger partial charge is 0.420 e. The van der Waals surface area contributed by atoms with Crippen molar-refractivity contribution in [2.45, 2.75) is 94.9 Å². The van der Waals surface area contributed by atoms with Gasteiger partial charge in [-0.05, 0) is 86.8 Å². The molecule has 2 saturated heterocycles. The minimum absolute atomic E-state index is 0.00361. The first-order valence-electron chi connectivity index (χ1n) is 13.2. The average Bonchev–Trinajstić information content (AvgIpc) is 3.10. The van der Waals surface area contributed by atoms with Gasteiger partial charge in [-0.15, -0.1) is 0 Å². The van der Waals surface area contributed by atoms with Crippen molar-refractivity contribution in [2.24, 2.45) is 11.8 Å². The minimum atomic E-state index is -4.72. The normalized spacial score (nSPS) is 29.4. The highest BCUT2D eigenvalue weighted by molar-refractivity contribution is 5.89. The highest BCUT2D eigenvalue weighted by Gasteiger charge is 2.46. The summed E-state index contributed by atoms with van der Waals surface area (Å²) in [5.41, 5.74) is -0.203. The molecule has 4 nitrogen and oxygen atoms in total. The maximum absolute atomic E-state index is 14.4. The van der Waals surface area contributed by atoms with E-state index >= 15 is 0 Å². The number of rotatable bonds is 5. The third-order valence-corrected chi connectivity index (χ3v) is 8.79. The van der Waals surface area contributed by atoms with E-state index in [0.717, 1.165) is 12.8 Å². The predicted octanol–water partition coefficient (Wildman–Crippen LogP) is 7.75. The van der Waals surface area contributed by atoms with E-state index in [4.69, 9.17) is 4.74 Å². The Bertz CT molecular complexity index is 1170. The molecular weight excluding hydrogens is 512 g/mol. The van der Waals surface area contributed by atoms with Crippen LogP contribution < -0.4 is 4.74 Å². The Morgan fingerprint density at radius 1 is 0.947 bits per heavy atom. The molecule has 2 heterocycles. The van der Waals surface area contributed by atoms with Crippen LogP contribution in [0.4, 0.5) is 26.3 Å². The first-order chi connectivity index (χ1) is 17.8. The Morgan fingerprint density at radius 2 is 1.55 bits per heavy atom. The molecule has 2 aromatic carbocycles. The monoisotopic (exact) mass is 543 g/mol. The zero-order valence-electron chi connectivity index (χ0n) is 21.0. The number of piperidine rings is 1. The Hall–Kier alpha value is -2.49. The summed E-state index contributed by atoms with van der Waals surface area (Å²) in [5.74, 6) is -2.99. The fourth-order valence-electron chi connectivity index (χ4n) is 6.87. The quantitative estimate of drug-likeness (QED) is 0.392. The molecule has 0 aromatic heterocycles. The molecule has 208 valence electrons. The molecule has 0 unspecified atom stereocenters. The zero-order valence-corrected chi connectivity index (χ0v) is 21.0. The van der Waals surface area contributed by atoms with Crippen molar-refractivity contribution in [2.75, 3.05) is 0 Å². The number of carboxylic acid groups (broad SMARTS) is 1. The van der Waals surface area contributed by atoms with Crippen LogP contribution in [0.3, 0.4) is 0 Å². The number of aliphatic carboxylic acids is 1. The van der Waals surface area contributed by atoms with Gasteiger partial charge in [0.15, 0.2) is 0 Å². The van der Waals surface area contributed by atoms with Gasteiger partial charge in [-0.1, -0.05) is 18.2 Å². The van der Waals surface area contributed by atoms with Crippen molar-refractivity contribution in [1.29, 1.82) is 0 Å². The third kappa shape index (κ3) is 5.20. The van der Waals surface area contributed by atoms with E-state index < -0.39 is 41.8 Å². The van der Waals surface area contributed by atoms with Gasteiger partial charge in [0.05, 0.1) is 17.9 Å². The molecule has 3 fully saturated rings. The minimum Gasteiger partial charge on any atom is -0.490 e. The summed E-state index contributed by atoms with van der Waals surface area (Å²) in [6, 6.07) is 7.77. The van der Waals surface area contributed by atoms with E-state index in [1.807, 2.05) is 13.0 Å². The Labute approximate surface area is 216 Å². The molecule has 38 heavy (non-hydrogen) atoms. The number of nitrogens with zero attached hydrogens (tertiary/aromatic N) is 1. The van der Waals surface area contributed by atoms with Crippen molar-refractivity contribution in [1.82, 2.24) is 4.90 Å². The predicted molar refractivity (Wildman–Crippen MR) is 129 cm³/mol. The van der Waals surface area contributed by atoms with Gasteiger partial charge in [-0.3, -0.25) is 9.69 Å². The maximum atomic E-state index is 14.4. The van der Waals surface area contributed by atoms with E-state index in [1.165, 1.54) is 6.07 Å². The van der Waals surface area contributed by atoms with Crippen molar-refractivity contribution in [3.05, 3.63) is 41.5 Å². The van der Waals surface area contributed by atoms with Crippen LogP contribution >= 0.6 is 0 Å². The number of hydrogen-bond donors (Lipinski definition) is 1. The zero-order chi connectivity index (χ0) is 27.4. The molecule has 10 heteroatoms. The SMILES string of the molecule is C[C@H](c1ccc2ccc(OC3CCC(C(F)(F)F)CC3)c(C(F)(F)F)c2c1)N1[C@@H]2CC[C@@H]1CC(C(=O)O)C2. The molecule has 0 radical (unpaired) electrons. The third-order valence-electron chi connectivity index (χ3n) is 8.79. The van der Waals surface area contributed by atoms with E-state index in [0.29, 0.717) is 23.8 Å². The van der Waals surface area contributed by atoms with Gasteiger partial charge in [-0.25, -0.2) is 0 Å². The van der Waals surface area contributed by atoms with Crippen molar-refractivity contribution >= 4 is 16.7 Å². The van der Waals surface area contributed by atoms with Crippen molar-refractivity contribution < 1.29 is 41.0 Å². The number of benzene rings is 2. The summed E-state index contributed by atoms with van der Waals surface area (Å²) in [7, 11) is 0. The van der Waals surface area contributed by atoms with Crippen LogP contribution in [0.25, 0.3) is 10.8 Å². The largest absolute Gasteiger partial charge is 0.490 e. The van der Waals surface area contributed by atoms with Crippen molar-refractivity contribution in [3.8, 4) is 5.75 Å². The molecule has 1 aliphatic carbocycles. The molecule has 1 saturated carbocycles. The maximum Gasteiger partial charge on any atom is 0.420 e. The molecule has 2 aliphatic heterocycles. The fourth-order valence-corrected chi connectivity index (χ4v) is 6.87. The number of carbonyl (C=O) groups is 1. The van der Waals surface area contributed by atoms with Gasteiger partial charge in [0.2, 0.25) is 0 Å². The Balaban J connectivity index is 1.43. The van der Waals surface area contributed by atoms with E-state index in [2.05, 4.69) is 4.90 Å². The second-order valence-electron chi connectivity index (χ2n) is 11.1. The first kappa shape index (κ1) is 27.1. The van der Waals surface area contributed by atoms with E-state index in [1.54, 1.807) is 18.2 Å². The highest BCUT2D eigenvalue weighted by atomic mass is 19.4. The van der Waals surface area contributed by atoms with Gasteiger partial charge in [-0.2, -0.15) is 26.3 Å². The lowest BCUT2D eigenvalue weighted by molar-refractivity contribution is -0.185. The fraction of sp³-hybridized carbons (Fsp3) is 0.607. The van der Waals surface area contributed by atoms with Crippen LogP contribution in [0, 0.1) is 11.8 Å². The molecule has 0 amide bonds. The summed E-state index contributed by atoms with van der Waals surface area (Å²) in [5, 5.41) is 9.87. The standard InChI is InChI=1S/C28H31F6NO3/c1-15(35-20-7-8-21(35)13-18(12-20)26(36)37)17-3-2-16-4-11-24(25(23(16)14-17)28(32,33)34)38-22-9-5-19(6-10-22)27(29,30)31/h2-4,11,14-15,18-22H,5-10,12-13H2,1H3,(H,36,37)/t15-,19?,20-,21-,22?/m1/s1. The van der Waals surface area contributed by atoms with Gasteiger partial charge in [0, 0.05) is 18.1 Å². The number of alkyl halides is 6. The highest BCUT2D eigenvalue weighted by Crippen LogP contribution is 2.47. The number of halogens is 6. The van der Waals surface area contributed by atoms with Crippen LogP contribution in [0.2, 0.25) is 0 Å². The summed E-state index contributed by atoms with van der Waals surface area (Å²) in [6.45, 7) is 1.94. The van der Waals surface area contributed by atoms with Gasteiger partial charge in [0.1, 0.15) is 11.3 Å². The first-order valence-corrected chi connectivity index (χ1v) is 13.2. The molecule has 5 rings (SSSR count). The number of ether oxygens (including phenoxy) is 1. The lowest BCUT2D eigenvalue weighted by Crippen LogP contribution is -2.45. The molecular formula is C28H31F6NO3. The number of hydrogen-bond acceptors (Lipinski definition) is 3.